The summed E-state index contributed by atoms with van der Waals surface area (Å²) in [6, 6.07) is 0.0484. The molecule has 1 aliphatic heterocycles. The van der Waals surface area contributed by atoms with Crippen LogP contribution in [0, 0.1) is 0 Å². The first kappa shape index (κ1) is 9.12. The average Bonchev–Trinajstić information content (AvgIpc) is 2.75. The largest absolute Gasteiger partial charge is 0.381 e. The predicted octanol–water partition coefficient (Wildman–Crippen LogP) is 1.67. The zero-order valence-corrected chi connectivity index (χ0v) is 8.51. The van der Waals surface area contributed by atoms with Gasteiger partial charge in [0.15, 0.2) is 0 Å². The molecule has 1 aromatic rings. The Morgan fingerprint density at radius 3 is 3.15 bits per heavy atom. The lowest BCUT2D eigenvalue weighted by molar-refractivity contribution is 0.194. The van der Waals surface area contributed by atoms with Crippen LogP contribution in [-0.2, 0) is 4.74 Å². The number of hydrogen-bond donors (Lipinski definition) is 1. The molecule has 0 aromatic carbocycles. The van der Waals surface area contributed by atoms with Crippen molar-refractivity contribution < 1.29 is 4.74 Å². The van der Waals surface area contributed by atoms with E-state index in [9.17, 15) is 0 Å². The topological polar surface area (TPSA) is 48.1 Å². The second kappa shape index (κ2) is 3.74. The molecule has 2 atom stereocenters. The van der Waals surface area contributed by atoms with E-state index in [1.807, 2.05) is 6.92 Å². The van der Waals surface area contributed by atoms with Gasteiger partial charge in [-0.3, -0.25) is 0 Å². The molecule has 0 amide bonds. The Kier molecular flexibility index (Phi) is 2.62. The van der Waals surface area contributed by atoms with Crippen molar-refractivity contribution in [1.29, 1.82) is 0 Å². The van der Waals surface area contributed by atoms with E-state index in [0.29, 0.717) is 5.92 Å². The highest BCUT2D eigenvalue weighted by Crippen LogP contribution is 2.28. The van der Waals surface area contributed by atoms with Gasteiger partial charge in [-0.15, -0.1) is 11.3 Å². The van der Waals surface area contributed by atoms with E-state index < -0.39 is 0 Å². The smallest absolute Gasteiger partial charge is 0.0983 e. The van der Waals surface area contributed by atoms with Crippen LogP contribution in [0.1, 0.15) is 36.0 Å². The highest BCUT2D eigenvalue weighted by atomic mass is 32.1. The molecule has 72 valence electrons. The Labute approximate surface area is 81.9 Å². The van der Waals surface area contributed by atoms with Crippen LogP contribution in [0.25, 0.3) is 0 Å². The van der Waals surface area contributed by atoms with Gasteiger partial charge in [0.05, 0.1) is 17.3 Å². The molecule has 1 aliphatic rings. The Bertz CT molecular complexity index is 279. The van der Waals surface area contributed by atoms with Crippen molar-refractivity contribution in [3.05, 3.63) is 16.1 Å². The molecule has 2 unspecified atom stereocenters. The number of ether oxygens (including phenoxy) is 1. The van der Waals surface area contributed by atoms with Crippen LogP contribution in [0.3, 0.4) is 0 Å². The molecule has 1 fully saturated rings. The third-order valence-corrected chi connectivity index (χ3v) is 3.31. The first-order valence-electron chi connectivity index (χ1n) is 4.56. The molecule has 0 radical (unpaired) electrons. The number of hydrogen-bond acceptors (Lipinski definition) is 4. The van der Waals surface area contributed by atoms with E-state index in [4.69, 9.17) is 10.5 Å². The van der Waals surface area contributed by atoms with Gasteiger partial charge in [0.1, 0.15) is 0 Å². The first-order valence-corrected chi connectivity index (χ1v) is 5.44. The summed E-state index contributed by atoms with van der Waals surface area (Å²) in [5.74, 6) is 0.512. The lowest BCUT2D eigenvalue weighted by atomic mass is 10.1. The van der Waals surface area contributed by atoms with Crippen LogP contribution in [0.2, 0.25) is 0 Å². The summed E-state index contributed by atoms with van der Waals surface area (Å²) in [6.45, 7) is 3.66. The van der Waals surface area contributed by atoms with Crippen molar-refractivity contribution in [3.63, 3.8) is 0 Å². The van der Waals surface area contributed by atoms with Gasteiger partial charge in [-0.25, -0.2) is 4.98 Å². The summed E-state index contributed by atoms with van der Waals surface area (Å²) in [5, 5.41) is 3.24. The van der Waals surface area contributed by atoms with E-state index >= 15 is 0 Å². The van der Waals surface area contributed by atoms with Gasteiger partial charge in [0.2, 0.25) is 0 Å². The monoisotopic (exact) mass is 198 g/mol. The van der Waals surface area contributed by atoms with Crippen LogP contribution < -0.4 is 5.73 Å². The summed E-state index contributed by atoms with van der Waals surface area (Å²) in [5.41, 5.74) is 6.75. The zero-order chi connectivity index (χ0) is 9.26. The average molecular weight is 198 g/mol. The van der Waals surface area contributed by atoms with Crippen molar-refractivity contribution in [1.82, 2.24) is 4.98 Å². The molecular formula is C9H14N2OS. The van der Waals surface area contributed by atoms with Gasteiger partial charge in [-0.1, -0.05) is 0 Å². The van der Waals surface area contributed by atoms with Gasteiger partial charge >= 0.3 is 0 Å². The fraction of sp³-hybridized carbons (Fsp3) is 0.667. The van der Waals surface area contributed by atoms with Crippen LogP contribution in [0.4, 0.5) is 0 Å². The molecule has 4 heteroatoms. The van der Waals surface area contributed by atoms with Crippen molar-refractivity contribution in [2.45, 2.75) is 25.3 Å². The summed E-state index contributed by atoms with van der Waals surface area (Å²) >= 11 is 1.70. The standard InChI is InChI=1S/C9H14N2OS/c1-6(10)8-5-13-9(11-8)7-2-3-12-4-7/h5-7H,2-4,10H2,1H3. The third kappa shape index (κ3) is 1.90. The van der Waals surface area contributed by atoms with Crippen molar-refractivity contribution in [3.8, 4) is 0 Å². The SMILES string of the molecule is CC(N)c1csc(C2CCOC2)n1. The quantitative estimate of drug-likeness (QED) is 0.786. The van der Waals surface area contributed by atoms with E-state index in [-0.39, 0.29) is 6.04 Å². The summed E-state index contributed by atoms with van der Waals surface area (Å²) in [6.07, 6.45) is 1.10. The van der Waals surface area contributed by atoms with Gasteiger partial charge < -0.3 is 10.5 Å². The number of thiazole rings is 1. The number of aromatic nitrogens is 1. The molecule has 2 rings (SSSR count). The maximum atomic E-state index is 5.74. The Morgan fingerprint density at radius 1 is 1.77 bits per heavy atom. The highest BCUT2D eigenvalue weighted by Gasteiger charge is 2.21. The van der Waals surface area contributed by atoms with Gasteiger partial charge in [0.25, 0.3) is 0 Å². The molecule has 0 spiro atoms. The van der Waals surface area contributed by atoms with E-state index in [1.165, 1.54) is 5.01 Å². The van der Waals surface area contributed by atoms with Gasteiger partial charge in [0, 0.05) is 23.9 Å². The molecule has 1 aromatic heterocycles. The van der Waals surface area contributed by atoms with E-state index in [1.54, 1.807) is 11.3 Å². The molecule has 0 bridgehead atoms. The molecule has 3 nitrogen and oxygen atoms in total. The van der Waals surface area contributed by atoms with E-state index in [0.717, 1.165) is 25.3 Å². The summed E-state index contributed by atoms with van der Waals surface area (Å²) < 4.78 is 5.32. The normalized spacial score (nSPS) is 24.9. The van der Waals surface area contributed by atoms with Crippen LogP contribution in [-0.4, -0.2) is 18.2 Å². The maximum absolute atomic E-state index is 5.74. The molecular weight excluding hydrogens is 184 g/mol. The molecule has 13 heavy (non-hydrogen) atoms. The Hall–Kier alpha value is -0.450. The second-order valence-corrected chi connectivity index (χ2v) is 4.35. The number of nitrogens with zero attached hydrogens (tertiary/aromatic N) is 1. The molecule has 2 heterocycles. The van der Waals surface area contributed by atoms with E-state index in [2.05, 4.69) is 10.4 Å². The van der Waals surface area contributed by atoms with Crippen LogP contribution in [0.15, 0.2) is 5.38 Å². The van der Waals surface area contributed by atoms with Crippen molar-refractivity contribution in [2.75, 3.05) is 13.2 Å². The molecule has 0 saturated carbocycles. The lowest BCUT2D eigenvalue weighted by Crippen LogP contribution is -2.06. The van der Waals surface area contributed by atoms with Crippen LogP contribution in [0.5, 0.6) is 0 Å². The minimum atomic E-state index is 0.0484. The summed E-state index contributed by atoms with van der Waals surface area (Å²) in [7, 11) is 0. The Balaban J connectivity index is 2.12. The number of nitrogens with two attached hydrogens (primary N) is 1. The fourth-order valence-corrected chi connectivity index (χ4v) is 2.47. The molecule has 2 N–H and O–H groups in total. The van der Waals surface area contributed by atoms with Crippen molar-refractivity contribution in [2.24, 2.45) is 5.73 Å². The molecule has 0 aliphatic carbocycles. The third-order valence-electron chi connectivity index (χ3n) is 2.29. The second-order valence-electron chi connectivity index (χ2n) is 3.46. The minimum Gasteiger partial charge on any atom is -0.381 e. The number of rotatable bonds is 2. The maximum Gasteiger partial charge on any atom is 0.0983 e. The van der Waals surface area contributed by atoms with Gasteiger partial charge in [-0.05, 0) is 13.3 Å². The van der Waals surface area contributed by atoms with Crippen LogP contribution >= 0.6 is 11.3 Å². The molecule has 1 saturated heterocycles. The highest BCUT2D eigenvalue weighted by molar-refractivity contribution is 7.09. The first-order chi connectivity index (χ1) is 6.27. The fourth-order valence-electron chi connectivity index (χ4n) is 1.43. The zero-order valence-electron chi connectivity index (χ0n) is 7.69. The Morgan fingerprint density at radius 2 is 2.62 bits per heavy atom. The van der Waals surface area contributed by atoms with Gasteiger partial charge in [-0.2, -0.15) is 0 Å². The summed E-state index contributed by atoms with van der Waals surface area (Å²) in [4.78, 5) is 4.51. The lowest BCUT2D eigenvalue weighted by Gasteiger charge is -2.02. The van der Waals surface area contributed by atoms with Crippen molar-refractivity contribution >= 4 is 11.3 Å². The predicted molar refractivity (Wildman–Crippen MR) is 52.9 cm³/mol. The minimum absolute atomic E-state index is 0.0484.